The maximum atomic E-state index is 8.74. The average molecular weight is 189 g/mol. The van der Waals surface area contributed by atoms with Crippen molar-refractivity contribution in [3.05, 3.63) is 23.2 Å². The van der Waals surface area contributed by atoms with Crippen LogP contribution in [0.2, 0.25) is 0 Å². The van der Waals surface area contributed by atoms with E-state index in [2.05, 4.69) is 4.98 Å². The topological polar surface area (TPSA) is 33.1 Å². The quantitative estimate of drug-likeness (QED) is 0.702. The van der Waals surface area contributed by atoms with E-state index in [1.807, 2.05) is 18.2 Å². The fourth-order valence-electron chi connectivity index (χ4n) is 1.19. The first-order valence-corrected chi connectivity index (χ1v) is 4.87. The lowest BCUT2D eigenvalue weighted by Crippen LogP contribution is -1.99. The lowest BCUT2D eigenvalue weighted by molar-refractivity contribution is 0.299. The summed E-state index contributed by atoms with van der Waals surface area (Å²) in [5, 5.41) is 9.70. The van der Waals surface area contributed by atoms with Crippen LogP contribution in [0, 0.1) is 0 Å². The van der Waals surface area contributed by atoms with Gasteiger partial charge in [-0.1, -0.05) is 11.5 Å². The predicted octanol–water partition coefficient (Wildman–Crippen LogP) is 0.625. The summed E-state index contributed by atoms with van der Waals surface area (Å²) in [6.07, 6.45) is 0.624. The minimum Gasteiger partial charge on any atom is -0.396 e. The number of nitrogens with zero attached hydrogens (tertiary/aromatic N) is 1. The van der Waals surface area contributed by atoms with E-state index in [1.165, 1.54) is 0 Å². The Labute approximate surface area is 81.6 Å². The van der Waals surface area contributed by atoms with Crippen LogP contribution in [-0.2, 0) is 6.42 Å². The molecular formula is C9H8BNOS. The van der Waals surface area contributed by atoms with Crippen LogP contribution in [0.4, 0.5) is 0 Å². The number of aliphatic hydroxyl groups is 1. The van der Waals surface area contributed by atoms with Crippen molar-refractivity contribution in [3.63, 3.8) is 0 Å². The number of thiazole rings is 1. The standard InChI is InChI=1S/C9H8BNOS/c10-6-1-2-8-7(5-6)11-9(13-8)3-4-12/h1-2,5,12H,3-4H2. The van der Waals surface area contributed by atoms with Crippen molar-refractivity contribution in [2.75, 3.05) is 6.61 Å². The molecule has 0 aliphatic rings. The Morgan fingerprint density at radius 1 is 1.46 bits per heavy atom. The summed E-state index contributed by atoms with van der Waals surface area (Å²) in [6.45, 7) is 0.148. The SMILES string of the molecule is [B]c1ccc2sc(CCO)nc2c1. The van der Waals surface area contributed by atoms with E-state index in [0.29, 0.717) is 6.42 Å². The zero-order valence-electron chi connectivity index (χ0n) is 7.03. The van der Waals surface area contributed by atoms with Crippen LogP contribution >= 0.6 is 11.3 Å². The summed E-state index contributed by atoms with van der Waals surface area (Å²) in [5.41, 5.74) is 1.65. The van der Waals surface area contributed by atoms with Crippen molar-refractivity contribution in [1.29, 1.82) is 0 Å². The number of aromatic nitrogens is 1. The van der Waals surface area contributed by atoms with Crippen LogP contribution in [0.5, 0.6) is 0 Å². The number of benzene rings is 1. The fraction of sp³-hybridized carbons (Fsp3) is 0.222. The lowest BCUT2D eigenvalue weighted by atomic mass is 9.96. The van der Waals surface area contributed by atoms with Gasteiger partial charge in [0.15, 0.2) is 0 Å². The molecule has 0 fully saturated rings. The molecule has 0 atom stereocenters. The molecule has 0 amide bonds. The first-order chi connectivity index (χ1) is 6.29. The van der Waals surface area contributed by atoms with E-state index in [0.717, 1.165) is 20.7 Å². The number of fused-ring (bicyclic) bond motifs is 1. The molecule has 64 valence electrons. The molecule has 13 heavy (non-hydrogen) atoms. The van der Waals surface area contributed by atoms with Gasteiger partial charge in [0.05, 0.1) is 15.2 Å². The molecule has 0 aliphatic carbocycles. The Bertz CT molecular complexity index is 426. The number of rotatable bonds is 2. The molecule has 2 radical (unpaired) electrons. The van der Waals surface area contributed by atoms with E-state index in [4.69, 9.17) is 13.0 Å². The largest absolute Gasteiger partial charge is 0.396 e. The Hall–Kier alpha value is -0.865. The average Bonchev–Trinajstić information content (AvgIpc) is 2.46. The van der Waals surface area contributed by atoms with Crippen LogP contribution < -0.4 is 5.46 Å². The minimum absolute atomic E-state index is 0.148. The molecule has 0 unspecified atom stereocenters. The van der Waals surface area contributed by atoms with Gasteiger partial charge in [0.2, 0.25) is 0 Å². The summed E-state index contributed by atoms with van der Waals surface area (Å²) in [5.74, 6) is 0. The Morgan fingerprint density at radius 3 is 3.08 bits per heavy atom. The number of hydrogen-bond acceptors (Lipinski definition) is 3. The second-order valence-electron chi connectivity index (χ2n) is 2.81. The maximum Gasteiger partial charge on any atom is 0.113 e. The van der Waals surface area contributed by atoms with Gasteiger partial charge in [-0.15, -0.1) is 11.3 Å². The molecule has 2 aromatic rings. The summed E-state index contributed by atoms with van der Waals surface area (Å²) in [4.78, 5) is 4.34. The molecule has 0 aliphatic heterocycles. The summed E-state index contributed by atoms with van der Waals surface area (Å²) >= 11 is 1.60. The van der Waals surface area contributed by atoms with Crippen molar-refractivity contribution >= 4 is 34.9 Å². The molecule has 4 heteroatoms. The smallest absolute Gasteiger partial charge is 0.113 e. The Kier molecular flexibility index (Phi) is 2.33. The lowest BCUT2D eigenvalue weighted by Gasteiger charge is -1.89. The first-order valence-electron chi connectivity index (χ1n) is 4.05. The zero-order valence-corrected chi connectivity index (χ0v) is 7.84. The molecule has 1 N–H and O–H groups in total. The Morgan fingerprint density at radius 2 is 2.31 bits per heavy atom. The van der Waals surface area contributed by atoms with Crippen LogP contribution in [0.25, 0.3) is 10.2 Å². The first kappa shape index (κ1) is 8.72. The number of aliphatic hydroxyl groups excluding tert-OH is 1. The molecule has 0 bridgehead atoms. The van der Waals surface area contributed by atoms with Gasteiger partial charge in [-0.2, -0.15) is 0 Å². The molecule has 1 aromatic heterocycles. The van der Waals surface area contributed by atoms with Crippen molar-refractivity contribution in [2.24, 2.45) is 0 Å². The molecular weight excluding hydrogens is 181 g/mol. The zero-order chi connectivity index (χ0) is 9.26. The molecule has 0 saturated heterocycles. The number of hydrogen-bond donors (Lipinski definition) is 1. The highest BCUT2D eigenvalue weighted by molar-refractivity contribution is 7.18. The summed E-state index contributed by atoms with van der Waals surface area (Å²) in [7, 11) is 5.62. The van der Waals surface area contributed by atoms with Gasteiger partial charge in [0.1, 0.15) is 7.85 Å². The van der Waals surface area contributed by atoms with Crippen LogP contribution in [0.1, 0.15) is 5.01 Å². The molecule has 2 nitrogen and oxygen atoms in total. The van der Waals surface area contributed by atoms with Gasteiger partial charge in [-0.25, -0.2) is 4.98 Å². The maximum absolute atomic E-state index is 8.74. The minimum atomic E-state index is 0.148. The van der Waals surface area contributed by atoms with E-state index in [1.54, 1.807) is 11.3 Å². The van der Waals surface area contributed by atoms with Crippen molar-refractivity contribution in [3.8, 4) is 0 Å². The van der Waals surface area contributed by atoms with Crippen molar-refractivity contribution in [1.82, 2.24) is 4.98 Å². The molecule has 0 spiro atoms. The van der Waals surface area contributed by atoms with Gasteiger partial charge < -0.3 is 5.11 Å². The highest BCUT2D eigenvalue weighted by Crippen LogP contribution is 2.20. The van der Waals surface area contributed by atoms with Crippen LogP contribution in [0.3, 0.4) is 0 Å². The fourth-order valence-corrected chi connectivity index (χ4v) is 2.13. The van der Waals surface area contributed by atoms with Gasteiger partial charge in [0, 0.05) is 13.0 Å². The molecule has 1 heterocycles. The summed E-state index contributed by atoms with van der Waals surface area (Å²) < 4.78 is 1.12. The third-order valence-electron chi connectivity index (χ3n) is 1.78. The third kappa shape index (κ3) is 1.74. The monoisotopic (exact) mass is 189 g/mol. The van der Waals surface area contributed by atoms with E-state index >= 15 is 0 Å². The molecule has 1 aromatic carbocycles. The predicted molar refractivity (Wildman–Crippen MR) is 55.8 cm³/mol. The van der Waals surface area contributed by atoms with E-state index in [-0.39, 0.29) is 6.61 Å². The van der Waals surface area contributed by atoms with Gasteiger partial charge in [0.25, 0.3) is 0 Å². The highest BCUT2D eigenvalue weighted by atomic mass is 32.1. The molecule has 0 saturated carbocycles. The van der Waals surface area contributed by atoms with E-state index in [9.17, 15) is 0 Å². The van der Waals surface area contributed by atoms with E-state index < -0.39 is 0 Å². The van der Waals surface area contributed by atoms with Crippen molar-refractivity contribution in [2.45, 2.75) is 6.42 Å². The van der Waals surface area contributed by atoms with Crippen LogP contribution in [0.15, 0.2) is 18.2 Å². The van der Waals surface area contributed by atoms with Crippen LogP contribution in [-0.4, -0.2) is 24.5 Å². The third-order valence-corrected chi connectivity index (χ3v) is 2.88. The molecule has 2 rings (SSSR count). The van der Waals surface area contributed by atoms with Crippen molar-refractivity contribution < 1.29 is 5.11 Å². The van der Waals surface area contributed by atoms with Gasteiger partial charge in [-0.05, 0) is 12.1 Å². The second-order valence-corrected chi connectivity index (χ2v) is 3.92. The Balaban J connectivity index is 2.49. The van der Waals surface area contributed by atoms with Gasteiger partial charge in [-0.3, -0.25) is 0 Å². The van der Waals surface area contributed by atoms with Gasteiger partial charge >= 0.3 is 0 Å². The highest BCUT2D eigenvalue weighted by Gasteiger charge is 2.02. The summed E-state index contributed by atoms with van der Waals surface area (Å²) in [6, 6.07) is 5.68. The second kappa shape index (κ2) is 3.48. The normalized spacial score (nSPS) is 10.8.